The summed E-state index contributed by atoms with van der Waals surface area (Å²) in [7, 11) is 1.83. The Balaban J connectivity index is 1.76. The lowest BCUT2D eigenvalue weighted by atomic mass is 10.2. The lowest BCUT2D eigenvalue weighted by molar-refractivity contribution is 0.102. The fraction of sp³-hybridized carbons (Fsp3) is 0.364. The summed E-state index contributed by atoms with van der Waals surface area (Å²) in [6, 6.07) is 0. The van der Waals surface area contributed by atoms with Gasteiger partial charge in [0, 0.05) is 37.6 Å². The van der Waals surface area contributed by atoms with Crippen LogP contribution in [0.15, 0.2) is 12.5 Å². The fourth-order valence-electron chi connectivity index (χ4n) is 1.87. The lowest BCUT2D eigenvalue weighted by Crippen LogP contribution is -2.22. The molecule has 0 bridgehead atoms. The highest BCUT2D eigenvalue weighted by atomic mass is 32.1. The highest BCUT2D eigenvalue weighted by molar-refractivity contribution is 7.15. The van der Waals surface area contributed by atoms with Crippen molar-refractivity contribution >= 4 is 22.4 Å². The van der Waals surface area contributed by atoms with Crippen molar-refractivity contribution in [3.63, 3.8) is 0 Å². The highest BCUT2D eigenvalue weighted by Gasteiger charge is 2.17. The maximum atomic E-state index is 11.9. The highest BCUT2D eigenvalue weighted by Crippen LogP contribution is 2.25. The maximum Gasteiger partial charge on any atom is 0.277 e. The van der Waals surface area contributed by atoms with Crippen LogP contribution >= 0.6 is 11.3 Å². The van der Waals surface area contributed by atoms with E-state index < -0.39 is 0 Å². The van der Waals surface area contributed by atoms with Gasteiger partial charge in [0.05, 0.1) is 12.0 Å². The van der Waals surface area contributed by atoms with Crippen molar-refractivity contribution in [3.8, 4) is 0 Å². The van der Waals surface area contributed by atoms with E-state index in [-0.39, 0.29) is 5.91 Å². The zero-order valence-corrected chi connectivity index (χ0v) is 10.8. The molecule has 2 aromatic rings. The molecular weight excluding hydrogens is 250 g/mol. The quantitative estimate of drug-likeness (QED) is 0.839. The molecule has 0 saturated heterocycles. The first-order chi connectivity index (χ1) is 8.72. The van der Waals surface area contributed by atoms with Crippen molar-refractivity contribution in [1.29, 1.82) is 0 Å². The molecule has 0 spiro atoms. The van der Waals surface area contributed by atoms with Crippen LogP contribution in [0.5, 0.6) is 0 Å². The van der Waals surface area contributed by atoms with Gasteiger partial charge in [0.1, 0.15) is 5.69 Å². The van der Waals surface area contributed by atoms with Gasteiger partial charge in [-0.25, -0.2) is 9.97 Å². The van der Waals surface area contributed by atoms with Crippen LogP contribution in [0.1, 0.15) is 21.1 Å². The van der Waals surface area contributed by atoms with Gasteiger partial charge in [0.15, 0.2) is 5.13 Å². The summed E-state index contributed by atoms with van der Waals surface area (Å²) in [5.74, 6) is -0.213. The molecule has 0 unspecified atom stereocenters. The van der Waals surface area contributed by atoms with Crippen LogP contribution in [0.4, 0.5) is 5.13 Å². The van der Waals surface area contributed by atoms with Crippen LogP contribution < -0.4 is 10.6 Å². The normalized spacial score (nSPS) is 14.3. The first-order valence-electron chi connectivity index (χ1n) is 5.71. The number of thiazole rings is 1. The number of rotatable bonds is 2. The largest absolute Gasteiger partial charge is 0.340 e. The number of aryl methyl sites for hydroxylation is 1. The molecule has 0 atom stereocenters. The molecule has 2 N–H and O–H groups in total. The van der Waals surface area contributed by atoms with Crippen LogP contribution in [0.25, 0.3) is 0 Å². The zero-order valence-electron chi connectivity index (χ0n) is 9.93. The van der Waals surface area contributed by atoms with E-state index in [0.717, 1.165) is 25.2 Å². The second-order valence-electron chi connectivity index (χ2n) is 4.19. The smallest absolute Gasteiger partial charge is 0.277 e. The Kier molecular flexibility index (Phi) is 2.85. The molecule has 1 amide bonds. The molecule has 94 valence electrons. The number of carbonyl (C=O) groups excluding carboxylic acids is 1. The van der Waals surface area contributed by atoms with Crippen molar-refractivity contribution in [1.82, 2.24) is 19.9 Å². The number of anilines is 1. The summed E-state index contributed by atoms with van der Waals surface area (Å²) in [4.78, 5) is 21.6. The topological polar surface area (TPSA) is 71.8 Å². The van der Waals surface area contributed by atoms with Crippen LogP contribution in [-0.2, 0) is 20.0 Å². The minimum atomic E-state index is -0.213. The molecule has 0 aromatic carbocycles. The summed E-state index contributed by atoms with van der Waals surface area (Å²) in [6.07, 6.45) is 4.21. The molecule has 18 heavy (non-hydrogen) atoms. The summed E-state index contributed by atoms with van der Waals surface area (Å²) < 4.78 is 1.74. The summed E-state index contributed by atoms with van der Waals surface area (Å²) in [6.45, 7) is 1.79. The second kappa shape index (κ2) is 4.51. The monoisotopic (exact) mass is 263 g/mol. The molecule has 2 aromatic heterocycles. The summed E-state index contributed by atoms with van der Waals surface area (Å²) >= 11 is 1.52. The van der Waals surface area contributed by atoms with Gasteiger partial charge in [-0.2, -0.15) is 0 Å². The number of amides is 1. The molecule has 1 aliphatic rings. The number of carbonyl (C=O) groups is 1. The number of aromatic nitrogens is 3. The Morgan fingerprint density at radius 1 is 1.61 bits per heavy atom. The first-order valence-corrected chi connectivity index (χ1v) is 6.52. The van der Waals surface area contributed by atoms with Gasteiger partial charge in [-0.3, -0.25) is 10.1 Å². The molecule has 0 saturated carbocycles. The van der Waals surface area contributed by atoms with Gasteiger partial charge in [0.25, 0.3) is 5.91 Å². The van der Waals surface area contributed by atoms with Gasteiger partial charge in [0.2, 0.25) is 0 Å². The predicted molar refractivity (Wildman–Crippen MR) is 68.7 cm³/mol. The van der Waals surface area contributed by atoms with Crippen molar-refractivity contribution in [2.24, 2.45) is 7.05 Å². The maximum absolute atomic E-state index is 11.9. The van der Waals surface area contributed by atoms with E-state index in [0.29, 0.717) is 10.8 Å². The molecule has 6 nitrogen and oxygen atoms in total. The van der Waals surface area contributed by atoms with Gasteiger partial charge in [-0.1, -0.05) is 0 Å². The number of fused-ring (bicyclic) bond motifs is 1. The SMILES string of the molecule is Cn1cnc(C(=O)Nc2nc3c(s2)CNCC3)c1. The number of nitrogens with one attached hydrogen (secondary N) is 2. The number of hydrogen-bond acceptors (Lipinski definition) is 5. The van der Waals surface area contributed by atoms with Crippen molar-refractivity contribution in [3.05, 3.63) is 28.8 Å². The number of hydrogen-bond donors (Lipinski definition) is 2. The minimum absolute atomic E-state index is 0.213. The molecule has 3 rings (SSSR count). The fourth-order valence-corrected chi connectivity index (χ4v) is 2.84. The Morgan fingerprint density at radius 2 is 2.50 bits per heavy atom. The van der Waals surface area contributed by atoms with Crippen LogP contribution in [0, 0.1) is 0 Å². The second-order valence-corrected chi connectivity index (χ2v) is 5.28. The Morgan fingerprint density at radius 3 is 3.22 bits per heavy atom. The molecule has 1 aliphatic heterocycles. The van der Waals surface area contributed by atoms with E-state index in [1.54, 1.807) is 17.1 Å². The molecule has 0 radical (unpaired) electrons. The third-order valence-electron chi connectivity index (χ3n) is 2.76. The number of imidazole rings is 1. The van der Waals surface area contributed by atoms with E-state index in [4.69, 9.17) is 0 Å². The van der Waals surface area contributed by atoms with Gasteiger partial charge in [-0.15, -0.1) is 11.3 Å². The van der Waals surface area contributed by atoms with Crippen molar-refractivity contribution in [2.45, 2.75) is 13.0 Å². The Bertz CT molecular complexity index is 565. The van der Waals surface area contributed by atoms with Gasteiger partial charge in [-0.05, 0) is 0 Å². The van der Waals surface area contributed by atoms with Crippen molar-refractivity contribution < 1.29 is 4.79 Å². The average molecular weight is 263 g/mol. The molecule has 7 heteroatoms. The first kappa shape index (κ1) is 11.4. The number of nitrogens with zero attached hydrogens (tertiary/aromatic N) is 3. The van der Waals surface area contributed by atoms with Gasteiger partial charge >= 0.3 is 0 Å². The molecular formula is C11H13N5OS. The van der Waals surface area contributed by atoms with Crippen LogP contribution in [-0.4, -0.2) is 27.0 Å². The van der Waals surface area contributed by atoms with E-state index in [1.807, 2.05) is 7.05 Å². The zero-order chi connectivity index (χ0) is 12.5. The Labute approximate surface area is 108 Å². The van der Waals surface area contributed by atoms with E-state index in [2.05, 4.69) is 20.6 Å². The van der Waals surface area contributed by atoms with E-state index in [1.165, 1.54) is 16.2 Å². The molecule has 3 heterocycles. The van der Waals surface area contributed by atoms with Crippen LogP contribution in [0.3, 0.4) is 0 Å². The predicted octanol–water partition coefficient (Wildman–Crippen LogP) is 0.775. The van der Waals surface area contributed by atoms with E-state index >= 15 is 0 Å². The van der Waals surface area contributed by atoms with Crippen molar-refractivity contribution in [2.75, 3.05) is 11.9 Å². The molecule has 0 fully saturated rings. The third-order valence-corrected chi connectivity index (χ3v) is 3.77. The lowest BCUT2D eigenvalue weighted by Gasteiger charge is -2.09. The van der Waals surface area contributed by atoms with E-state index in [9.17, 15) is 4.79 Å². The molecule has 0 aliphatic carbocycles. The summed E-state index contributed by atoms with van der Waals surface area (Å²) in [5, 5.41) is 6.73. The van der Waals surface area contributed by atoms with Crippen LogP contribution in [0.2, 0.25) is 0 Å². The minimum Gasteiger partial charge on any atom is -0.340 e. The van der Waals surface area contributed by atoms with Gasteiger partial charge < -0.3 is 9.88 Å². The Hall–Kier alpha value is -1.73. The standard InChI is InChI=1S/C11H13N5OS/c1-16-5-8(13-6-16)10(17)15-11-14-7-2-3-12-4-9(7)18-11/h5-6,12H,2-4H2,1H3,(H,14,15,17). The summed E-state index contributed by atoms with van der Waals surface area (Å²) in [5.41, 5.74) is 1.50. The third kappa shape index (κ3) is 2.14. The average Bonchev–Trinajstić information content (AvgIpc) is 2.94.